The predicted molar refractivity (Wildman–Crippen MR) is 87.5 cm³/mol. The van der Waals surface area contributed by atoms with E-state index in [-0.39, 0.29) is 12.2 Å². The number of nitrogens with zero attached hydrogens (tertiary/aromatic N) is 2. The highest BCUT2D eigenvalue weighted by molar-refractivity contribution is 5.69. The summed E-state index contributed by atoms with van der Waals surface area (Å²) >= 11 is 0. The normalized spacial score (nSPS) is 20.4. The smallest absolute Gasteiger partial charge is 0.410 e. The van der Waals surface area contributed by atoms with Crippen LogP contribution in [-0.2, 0) is 4.74 Å². The van der Waals surface area contributed by atoms with Crippen LogP contribution in [0.25, 0.3) is 0 Å². The average molecular weight is 298 g/mol. The Morgan fingerprint density at radius 1 is 1.33 bits per heavy atom. The van der Waals surface area contributed by atoms with Crippen molar-refractivity contribution < 1.29 is 9.53 Å². The fraction of sp³-hybridized carbons (Fsp3) is 0.941. The summed E-state index contributed by atoms with van der Waals surface area (Å²) in [6.45, 7) is 12.5. The summed E-state index contributed by atoms with van der Waals surface area (Å²) in [6.07, 6.45) is 4.65. The van der Waals surface area contributed by atoms with Crippen LogP contribution >= 0.6 is 0 Å². The number of rotatable bonds is 10. The number of likely N-dealkylation sites (N-methyl/N-ethyl adjacent to an activating group) is 1. The van der Waals surface area contributed by atoms with Gasteiger partial charge in [-0.3, -0.25) is 0 Å². The minimum absolute atomic E-state index is 0.0374. The number of hydrogen-bond acceptors (Lipinski definition) is 3. The average Bonchev–Trinajstić information content (AvgIpc) is 2.69. The molecule has 1 fully saturated rings. The van der Waals surface area contributed by atoms with Gasteiger partial charge in [-0.05, 0) is 38.1 Å². The Hall–Kier alpha value is -0.770. The van der Waals surface area contributed by atoms with Crippen molar-refractivity contribution in [1.29, 1.82) is 0 Å². The van der Waals surface area contributed by atoms with Gasteiger partial charge in [-0.25, -0.2) is 4.79 Å². The second-order valence-electron chi connectivity index (χ2n) is 7.10. The van der Waals surface area contributed by atoms with Gasteiger partial charge in [0, 0.05) is 19.6 Å². The molecule has 1 amide bonds. The summed E-state index contributed by atoms with van der Waals surface area (Å²) < 4.78 is 5.49. The van der Waals surface area contributed by atoms with Gasteiger partial charge in [-0.2, -0.15) is 0 Å². The number of carbonyl (C=O) groups is 1. The fourth-order valence-corrected chi connectivity index (χ4v) is 3.08. The van der Waals surface area contributed by atoms with Crippen LogP contribution in [0.1, 0.15) is 53.4 Å². The Morgan fingerprint density at radius 3 is 2.67 bits per heavy atom. The first-order valence-corrected chi connectivity index (χ1v) is 8.56. The van der Waals surface area contributed by atoms with Gasteiger partial charge in [0.1, 0.15) is 6.10 Å². The molecular weight excluding hydrogens is 264 g/mol. The number of amides is 1. The molecule has 0 aliphatic carbocycles. The molecular formula is C17H34N2O2. The second-order valence-corrected chi connectivity index (χ2v) is 7.10. The largest absolute Gasteiger partial charge is 0.443 e. The molecule has 4 nitrogen and oxygen atoms in total. The van der Waals surface area contributed by atoms with E-state index in [9.17, 15) is 4.79 Å². The van der Waals surface area contributed by atoms with E-state index in [1.165, 1.54) is 19.3 Å². The van der Waals surface area contributed by atoms with E-state index in [0.29, 0.717) is 11.8 Å². The molecule has 21 heavy (non-hydrogen) atoms. The Kier molecular flexibility index (Phi) is 8.09. The standard InChI is InChI=1S/C17H34N2O2/c1-6-8-15(4)11-18(5)12-16-13-19(17(20)21-16)10-7-9-14(2)3/h14-16H,6-13H2,1-5H3/t15?,16-/m0/s1. The molecule has 1 aliphatic rings. The Morgan fingerprint density at radius 2 is 2.05 bits per heavy atom. The Labute approximate surface area is 130 Å². The summed E-state index contributed by atoms with van der Waals surface area (Å²) in [4.78, 5) is 16.0. The molecule has 1 saturated heterocycles. The van der Waals surface area contributed by atoms with Crippen molar-refractivity contribution >= 4 is 6.09 Å². The third kappa shape index (κ3) is 7.16. The monoisotopic (exact) mass is 298 g/mol. The first-order chi connectivity index (χ1) is 9.92. The maximum atomic E-state index is 11.9. The lowest BCUT2D eigenvalue weighted by atomic mass is 10.1. The zero-order chi connectivity index (χ0) is 15.8. The molecule has 0 aromatic rings. The Bertz CT molecular complexity index is 307. The molecule has 0 aromatic carbocycles. The van der Waals surface area contributed by atoms with Crippen LogP contribution in [0.2, 0.25) is 0 Å². The van der Waals surface area contributed by atoms with E-state index in [1.807, 2.05) is 4.90 Å². The summed E-state index contributed by atoms with van der Waals surface area (Å²) in [5.41, 5.74) is 0. The minimum Gasteiger partial charge on any atom is -0.443 e. The summed E-state index contributed by atoms with van der Waals surface area (Å²) in [5, 5.41) is 0. The molecule has 1 rings (SSSR count). The van der Waals surface area contributed by atoms with Crippen molar-refractivity contribution in [3.63, 3.8) is 0 Å². The second kappa shape index (κ2) is 9.29. The van der Waals surface area contributed by atoms with Crippen molar-refractivity contribution in [2.75, 3.05) is 33.2 Å². The number of hydrogen-bond donors (Lipinski definition) is 0. The maximum absolute atomic E-state index is 11.9. The number of ether oxygens (including phenoxy) is 1. The predicted octanol–water partition coefficient (Wildman–Crippen LogP) is 3.61. The van der Waals surface area contributed by atoms with E-state index in [1.54, 1.807) is 0 Å². The van der Waals surface area contributed by atoms with Crippen LogP contribution in [0, 0.1) is 11.8 Å². The molecule has 4 heteroatoms. The first-order valence-electron chi connectivity index (χ1n) is 8.56. The highest BCUT2D eigenvalue weighted by atomic mass is 16.6. The fourth-order valence-electron chi connectivity index (χ4n) is 3.08. The minimum atomic E-state index is -0.126. The van der Waals surface area contributed by atoms with E-state index >= 15 is 0 Å². The van der Waals surface area contributed by atoms with Crippen molar-refractivity contribution in [2.45, 2.75) is 59.5 Å². The summed E-state index contributed by atoms with van der Waals surface area (Å²) in [6, 6.07) is 0. The molecule has 0 saturated carbocycles. The van der Waals surface area contributed by atoms with Crippen LogP contribution in [0.3, 0.4) is 0 Å². The lowest BCUT2D eigenvalue weighted by Gasteiger charge is -2.23. The van der Waals surface area contributed by atoms with Crippen LogP contribution < -0.4 is 0 Å². The molecule has 0 aromatic heterocycles. The van der Waals surface area contributed by atoms with E-state index in [2.05, 4.69) is 39.6 Å². The Balaban J connectivity index is 2.27. The number of cyclic esters (lactones) is 1. The van der Waals surface area contributed by atoms with Gasteiger partial charge in [0.25, 0.3) is 0 Å². The molecule has 0 bridgehead atoms. The van der Waals surface area contributed by atoms with Crippen molar-refractivity contribution in [2.24, 2.45) is 11.8 Å². The lowest BCUT2D eigenvalue weighted by molar-refractivity contribution is 0.109. The van der Waals surface area contributed by atoms with Crippen LogP contribution in [0.4, 0.5) is 4.79 Å². The zero-order valence-corrected chi connectivity index (χ0v) is 14.6. The first kappa shape index (κ1) is 18.3. The maximum Gasteiger partial charge on any atom is 0.410 e. The third-order valence-electron chi connectivity index (χ3n) is 4.08. The van der Waals surface area contributed by atoms with E-state index < -0.39 is 0 Å². The molecule has 124 valence electrons. The highest BCUT2D eigenvalue weighted by Crippen LogP contribution is 2.15. The van der Waals surface area contributed by atoms with Crippen LogP contribution in [0.5, 0.6) is 0 Å². The van der Waals surface area contributed by atoms with Gasteiger partial charge in [0.05, 0.1) is 6.54 Å². The quantitative estimate of drug-likeness (QED) is 0.617. The van der Waals surface area contributed by atoms with Crippen molar-refractivity contribution in [3.8, 4) is 0 Å². The van der Waals surface area contributed by atoms with Gasteiger partial charge in [-0.1, -0.05) is 34.1 Å². The highest BCUT2D eigenvalue weighted by Gasteiger charge is 2.31. The lowest BCUT2D eigenvalue weighted by Crippen LogP contribution is -2.35. The molecule has 0 radical (unpaired) electrons. The van der Waals surface area contributed by atoms with Gasteiger partial charge < -0.3 is 14.5 Å². The van der Waals surface area contributed by atoms with Gasteiger partial charge in [-0.15, -0.1) is 0 Å². The molecule has 2 atom stereocenters. The SMILES string of the molecule is CCCC(C)CN(C)C[C@H]1CN(CCCC(C)C)C(=O)O1. The van der Waals surface area contributed by atoms with Gasteiger partial charge >= 0.3 is 6.09 Å². The van der Waals surface area contributed by atoms with Crippen molar-refractivity contribution in [3.05, 3.63) is 0 Å². The van der Waals surface area contributed by atoms with Crippen LogP contribution in [-0.4, -0.2) is 55.2 Å². The summed E-state index contributed by atoms with van der Waals surface area (Å²) in [5.74, 6) is 1.41. The van der Waals surface area contributed by atoms with Gasteiger partial charge in [0.2, 0.25) is 0 Å². The molecule has 0 N–H and O–H groups in total. The molecule has 1 aliphatic heterocycles. The van der Waals surface area contributed by atoms with Gasteiger partial charge in [0.15, 0.2) is 0 Å². The van der Waals surface area contributed by atoms with E-state index in [4.69, 9.17) is 4.74 Å². The van der Waals surface area contributed by atoms with E-state index in [0.717, 1.165) is 32.6 Å². The zero-order valence-electron chi connectivity index (χ0n) is 14.6. The van der Waals surface area contributed by atoms with Crippen molar-refractivity contribution in [1.82, 2.24) is 9.80 Å². The topological polar surface area (TPSA) is 32.8 Å². The third-order valence-corrected chi connectivity index (χ3v) is 4.08. The molecule has 1 unspecified atom stereocenters. The number of carbonyl (C=O) groups excluding carboxylic acids is 1. The summed E-state index contributed by atoms with van der Waals surface area (Å²) in [7, 11) is 2.13. The molecule has 0 spiro atoms. The molecule has 1 heterocycles. The van der Waals surface area contributed by atoms with Crippen LogP contribution in [0.15, 0.2) is 0 Å².